The Morgan fingerprint density at radius 1 is 1.16 bits per heavy atom. The van der Waals surface area contributed by atoms with Crippen LogP contribution in [0.25, 0.3) is 0 Å². The minimum Gasteiger partial charge on any atom is -0.212 e. The first-order valence-corrected chi connectivity index (χ1v) is 11.2. The molecule has 0 N–H and O–H groups in total. The molecule has 0 atom stereocenters. The first-order chi connectivity index (χ1) is 8.74. The largest absolute Gasteiger partial charge is 0.254 e. The van der Waals surface area contributed by atoms with Crippen molar-refractivity contribution in [1.29, 1.82) is 0 Å². The molecule has 1 fully saturated rings. The molecule has 0 aliphatic carbocycles. The topological polar surface area (TPSA) is 83.9 Å². The van der Waals surface area contributed by atoms with Gasteiger partial charge in [0.15, 0.2) is 0 Å². The van der Waals surface area contributed by atoms with Gasteiger partial charge in [-0.3, -0.25) is 0 Å². The highest BCUT2D eigenvalue weighted by atomic mass is 32.2. The van der Waals surface area contributed by atoms with E-state index in [0.29, 0.717) is 10.8 Å². The molecular weight excluding hydrogens is 328 g/mol. The number of rotatable bonds is 6. The predicted molar refractivity (Wildman–Crippen MR) is 82.3 cm³/mol. The third-order valence-corrected chi connectivity index (χ3v) is 7.64. The van der Waals surface area contributed by atoms with Crippen molar-refractivity contribution in [3.63, 3.8) is 0 Å². The average Bonchev–Trinajstić information content (AvgIpc) is 2.28. The van der Waals surface area contributed by atoms with Gasteiger partial charge < -0.3 is 0 Å². The van der Waals surface area contributed by atoms with Crippen LogP contribution in [0, 0.1) is 0 Å². The molecule has 0 bridgehead atoms. The van der Waals surface area contributed by atoms with Gasteiger partial charge in [0, 0.05) is 0 Å². The van der Waals surface area contributed by atoms with E-state index < -0.39 is 20.0 Å². The fraction of sp³-hybridized carbons (Fsp3) is 0.889. The quantitative estimate of drug-likeness (QED) is 0.678. The van der Waals surface area contributed by atoms with Crippen LogP contribution in [-0.4, -0.2) is 49.3 Å². The third kappa shape index (κ3) is 6.48. The SMILES string of the molecule is CCCCCS(=O)(=O)N=C1SCN(S(C)(=O)=O)CS1. The monoisotopic (exact) mass is 346 g/mol. The van der Waals surface area contributed by atoms with Crippen molar-refractivity contribution in [2.24, 2.45) is 4.40 Å². The zero-order chi connectivity index (χ0) is 14.5. The normalized spacial score (nSPS) is 18.5. The van der Waals surface area contributed by atoms with E-state index in [1.165, 1.54) is 4.31 Å². The number of nitrogens with zero attached hydrogens (tertiary/aromatic N) is 2. The highest BCUT2D eigenvalue weighted by Crippen LogP contribution is 2.28. The summed E-state index contributed by atoms with van der Waals surface area (Å²) in [5.41, 5.74) is 0. The van der Waals surface area contributed by atoms with Crippen LogP contribution in [0.1, 0.15) is 26.2 Å². The molecule has 0 aromatic carbocycles. The lowest BCUT2D eigenvalue weighted by molar-refractivity contribution is 0.511. The van der Waals surface area contributed by atoms with E-state index in [1.807, 2.05) is 6.92 Å². The van der Waals surface area contributed by atoms with E-state index in [9.17, 15) is 16.8 Å². The van der Waals surface area contributed by atoms with Crippen molar-refractivity contribution >= 4 is 47.9 Å². The summed E-state index contributed by atoms with van der Waals surface area (Å²) >= 11 is 2.29. The molecule has 6 nitrogen and oxygen atoms in total. The van der Waals surface area contributed by atoms with Crippen LogP contribution in [0.5, 0.6) is 0 Å². The van der Waals surface area contributed by atoms with Crippen molar-refractivity contribution < 1.29 is 16.8 Å². The average molecular weight is 347 g/mol. The van der Waals surface area contributed by atoms with Gasteiger partial charge in [-0.15, -0.1) is 4.40 Å². The molecule has 0 amide bonds. The second kappa shape index (κ2) is 7.30. The van der Waals surface area contributed by atoms with Crippen molar-refractivity contribution in [2.75, 3.05) is 23.8 Å². The zero-order valence-corrected chi connectivity index (χ0v) is 14.2. The Kier molecular flexibility index (Phi) is 6.64. The summed E-state index contributed by atoms with van der Waals surface area (Å²) in [6, 6.07) is 0. The second-order valence-corrected chi connectivity index (χ2v) is 9.97. The van der Waals surface area contributed by atoms with E-state index in [4.69, 9.17) is 0 Å². The minimum absolute atomic E-state index is 0.0568. The van der Waals surface area contributed by atoms with Gasteiger partial charge in [-0.25, -0.2) is 16.8 Å². The summed E-state index contributed by atoms with van der Waals surface area (Å²) in [6.07, 6.45) is 3.57. The third-order valence-electron chi connectivity index (χ3n) is 2.35. The van der Waals surface area contributed by atoms with Crippen LogP contribution in [0.15, 0.2) is 4.40 Å². The molecule has 1 rings (SSSR count). The maximum Gasteiger partial charge on any atom is 0.254 e. The van der Waals surface area contributed by atoms with Gasteiger partial charge in [0.2, 0.25) is 10.0 Å². The summed E-state index contributed by atoms with van der Waals surface area (Å²) in [5.74, 6) is 0.492. The summed E-state index contributed by atoms with van der Waals surface area (Å²) < 4.78 is 51.5. The van der Waals surface area contributed by atoms with E-state index in [0.717, 1.165) is 42.6 Å². The van der Waals surface area contributed by atoms with Gasteiger partial charge >= 0.3 is 0 Å². The molecule has 10 heteroatoms. The number of hydrogen-bond acceptors (Lipinski definition) is 6. The maximum absolute atomic E-state index is 11.7. The van der Waals surface area contributed by atoms with Gasteiger partial charge in [-0.05, 0) is 6.42 Å². The van der Waals surface area contributed by atoms with Gasteiger partial charge in [0.25, 0.3) is 10.0 Å². The Bertz CT molecular complexity index is 516. The van der Waals surface area contributed by atoms with Crippen molar-refractivity contribution in [1.82, 2.24) is 4.31 Å². The minimum atomic E-state index is -3.43. The Labute approximate surface area is 123 Å². The molecule has 1 saturated heterocycles. The molecule has 1 aliphatic rings. The second-order valence-electron chi connectivity index (χ2n) is 4.11. The van der Waals surface area contributed by atoms with Gasteiger partial charge in [-0.2, -0.15) is 4.31 Å². The lowest BCUT2D eigenvalue weighted by atomic mass is 10.3. The Morgan fingerprint density at radius 3 is 2.21 bits per heavy atom. The van der Waals surface area contributed by atoms with Crippen molar-refractivity contribution in [3.05, 3.63) is 0 Å². The zero-order valence-electron chi connectivity index (χ0n) is 10.9. The first-order valence-electron chi connectivity index (χ1n) is 5.78. The summed E-state index contributed by atoms with van der Waals surface area (Å²) in [6.45, 7) is 2.01. The number of hydrogen-bond donors (Lipinski definition) is 0. The van der Waals surface area contributed by atoms with Crippen LogP contribution in [0.3, 0.4) is 0 Å². The number of sulfonamides is 2. The molecule has 112 valence electrons. The van der Waals surface area contributed by atoms with Crippen LogP contribution in [-0.2, 0) is 20.0 Å². The summed E-state index contributed by atoms with van der Waals surface area (Å²) in [4.78, 5) is 0. The van der Waals surface area contributed by atoms with Crippen molar-refractivity contribution in [3.8, 4) is 0 Å². The Hall–Kier alpha value is 0.230. The molecular formula is C9H18N2O4S4. The van der Waals surface area contributed by atoms with E-state index in [2.05, 4.69) is 4.40 Å². The van der Waals surface area contributed by atoms with Crippen LogP contribution >= 0.6 is 23.5 Å². The molecule has 0 unspecified atom stereocenters. The standard InChI is InChI=1S/C9H18N2O4S4/c1-3-4-5-6-19(14,15)10-9-16-7-11(8-17-9)18(2,12)13/h3-8H2,1-2H3. The molecule has 1 aliphatic heterocycles. The molecule has 0 saturated carbocycles. The van der Waals surface area contributed by atoms with E-state index in [1.54, 1.807) is 0 Å². The predicted octanol–water partition coefficient (Wildman–Crippen LogP) is 1.52. The molecule has 0 aromatic rings. The molecule has 0 aromatic heterocycles. The fourth-order valence-electron chi connectivity index (χ4n) is 1.27. The van der Waals surface area contributed by atoms with Gasteiger partial charge in [0.05, 0.1) is 23.8 Å². The molecule has 0 spiro atoms. The number of thioether (sulfide) groups is 2. The Balaban J connectivity index is 2.57. The van der Waals surface area contributed by atoms with Gasteiger partial charge in [-0.1, -0.05) is 43.3 Å². The maximum atomic E-state index is 11.7. The Morgan fingerprint density at radius 2 is 1.74 bits per heavy atom. The van der Waals surface area contributed by atoms with Crippen molar-refractivity contribution in [2.45, 2.75) is 26.2 Å². The number of unbranched alkanes of at least 4 members (excludes halogenated alkanes) is 2. The van der Waals surface area contributed by atoms with Crippen LogP contribution in [0.2, 0.25) is 0 Å². The fourth-order valence-corrected chi connectivity index (χ4v) is 6.57. The van der Waals surface area contributed by atoms with Crippen LogP contribution in [0.4, 0.5) is 0 Å². The smallest absolute Gasteiger partial charge is 0.212 e. The van der Waals surface area contributed by atoms with E-state index in [-0.39, 0.29) is 17.5 Å². The van der Waals surface area contributed by atoms with Crippen LogP contribution < -0.4 is 0 Å². The van der Waals surface area contributed by atoms with Gasteiger partial charge in [0.1, 0.15) is 4.38 Å². The van der Waals surface area contributed by atoms with E-state index >= 15 is 0 Å². The summed E-state index contributed by atoms with van der Waals surface area (Å²) in [5, 5.41) is 0. The first kappa shape index (κ1) is 17.3. The molecule has 1 heterocycles. The summed E-state index contributed by atoms with van der Waals surface area (Å²) in [7, 11) is -6.65. The lowest BCUT2D eigenvalue weighted by Gasteiger charge is -2.23. The highest BCUT2D eigenvalue weighted by molar-refractivity contribution is 8.39. The highest BCUT2D eigenvalue weighted by Gasteiger charge is 2.24. The molecule has 19 heavy (non-hydrogen) atoms. The molecule has 0 radical (unpaired) electrons. The lowest BCUT2D eigenvalue weighted by Crippen LogP contribution is -2.33.